The lowest BCUT2D eigenvalue weighted by Crippen LogP contribution is -2.25. The molecule has 2 heteroatoms. The van der Waals surface area contributed by atoms with Crippen LogP contribution in [0.25, 0.3) is 0 Å². The fourth-order valence-electron chi connectivity index (χ4n) is 1.72. The number of aryl methyl sites for hydroxylation is 1. The highest BCUT2D eigenvalue weighted by atomic mass is 19.1. The Labute approximate surface area is 104 Å². The zero-order valence-electron chi connectivity index (χ0n) is 11.4. The van der Waals surface area contributed by atoms with Crippen molar-refractivity contribution in [3.8, 4) is 0 Å². The molecule has 0 spiro atoms. The molecule has 1 aromatic rings. The summed E-state index contributed by atoms with van der Waals surface area (Å²) in [7, 11) is 0. The Hall–Kier alpha value is -0.890. The predicted molar refractivity (Wildman–Crippen MR) is 71.5 cm³/mol. The predicted octanol–water partition coefficient (Wildman–Crippen LogP) is 4.05. The Kier molecular flexibility index (Phi) is 5.63. The average Bonchev–Trinajstić information content (AvgIpc) is 2.28. The van der Waals surface area contributed by atoms with Gasteiger partial charge in [0.15, 0.2) is 0 Å². The number of halogens is 1. The van der Waals surface area contributed by atoms with Crippen molar-refractivity contribution in [3.05, 3.63) is 35.1 Å². The SMILES string of the molecule is Cc1ccc(CNC(C)CCC(C)C)cc1F. The summed E-state index contributed by atoms with van der Waals surface area (Å²) in [6, 6.07) is 5.94. The van der Waals surface area contributed by atoms with Crippen molar-refractivity contribution in [2.45, 2.75) is 53.1 Å². The molecule has 0 aromatic heterocycles. The number of nitrogens with one attached hydrogen (secondary N) is 1. The molecule has 0 fully saturated rings. The number of benzene rings is 1. The summed E-state index contributed by atoms with van der Waals surface area (Å²) >= 11 is 0. The largest absolute Gasteiger partial charge is 0.310 e. The first-order valence-electron chi connectivity index (χ1n) is 6.47. The van der Waals surface area contributed by atoms with Gasteiger partial charge in [0.1, 0.15) is 5.82 Å². The lowest BCUT2D eigenvalue weighted by atomic mass is 10.0. The zero-order valence-corrected chi connectivity index (χ0v) is 11.4. The van der Waals surface area contributed by atoms with Gasteiger partial charge in [0.05, 0.1) is 0 Å². The van der Waals surface area contributed by atoms with Crippen molar-refractivity contribution >= 4 is 0 Å². The van der Waals surface area contributed by atoms with Crippen LogP contribution >= 0.6 is 0 Å². The van der Waals surface area contributed by atoms with Crippen molar-refractivity contribution in [1.82, 2.24) is 5.32 Å². The summed E-state index contributed by atoms with van der Waals surface area (Å²) < 4.78 is 13.3. The lowest BCUT2D eigenvalue weighted by molar-refractivity contribution is 0.450. The monoisotopic (exact) mass is 237 g/mol. The highest BCUT2D eigenvalue weighted by Crippen LogP contribution is 2.10. The van der Waals surface area contributed by atoms with Crippen LogP contribution in [-0.4, -0.2) is 6.04 Å². The molecular weight excluding hydrogens is 213 g/mol. The average molecular weight is 237 g/mol. The van der Waals surface area contributed by atoms with Gasteiger partial charge in [-0.1, -0.05) is 26.0 Å². The summed E-state index contributed by atoms with van der Waals surface area (Å²) in [6.45, 7) is 9.20. The molecule has 0 saturated heterocycles. The molecule has 1 nitrogen and oxygen atoms in total. The smallest absolute Gasteiger partial charge is 0.126 e. The van der Waals surface area contributed by atoms with Crippen LogP contribution in [0.15, 0.2) is 18.2 Å². The van der Waals surface area contributed by atoms with E-state index in [-0.39, 0.29) is 5.82 Å². The Morgan fingerprint density at radius 1 is 1.18 bits per heavy atom. The van der Waals surface area contributed by atoms with Crippen LogP contribution in [-0.2, 0) is 6.54 Å². The van der Waals surface area contributed by atoms with Gasteiger partial charge in [-0.3, -0.25) is 0 Å². The second-order valence-electron chi connectivity index (χ2n) is 5.34. The third-order valence-electron chi connectivity index (χ3n) is 3.07. The van der Waals surface area contributed by atoms with Gasteiger partial charge in [-0.05, 0) is 49.8 Å². The van der Waals surface area contributed by atoms with Crippen LogP contribution in [0.1, 0.15) is 44.7 Å². The summed E-state index contributed by atoms with van der Waals surface area (Å²) in [4.78, 5) is 0. The van der Waals surface area contributed by atoms with Crippen molar-refractivity contribution in [3.63, 3.8) is 0 Å². The van der Waals surface area contributed by atoms with Gasteiger partial charge in [0.2, 0.25) is 0 Å². The Morgan fingerprint density at radius 3 is 2.47 bits per heavy atom. The second-order valence-corrected chi connectivity index (χ2v) is 5.34. The highest BCUT2D eigenvalue weighted by molar-refractivity contribution is 5.23. The van der Waals surface area contributed by atoms with Gasteiger partial charge >= 0.3 is 0 Å². The first-order valence-corrected chi connectivity index (χ1v) is 6.47. The normalized spacial score (nSPS) is 13.1. The molecule has 0 saturated carbocycles. The van der Waals surface area contributed by atoms with E-state index in [1.807, 2.05) is 12.1 Å². The number of hydrogen-bond acceptors (Lipinski definition) is 1. The Bertz CT molecular complexity index is 347. The second kappa shape index (κ2) is 6.75. The molecular formula is C15H24FN. The zero-order chi connectivity index (χ0) is 12.8. The molecule has 0 radical (unpaired) electrons. The molecule has 0 aliphatic carbocycles. The van der Waals surface area contributed by atoms with E-state index >= 15 is 0 Å². The number of hydrogen-bond donors (Lipinski definition) is 1. The van der Waals surface area contributed by atoms with Crippen LogP contribution in [0, 0.1) is 18.7 Å². The molecule has 1 atom stereocenters. The van der Waals surface area contributed by atoms with Gasteiger partial charge in [-0.15, -0.1) is 0 Å². The fraction of sp³-hybridized carbons (Fsp3) is 0.600. The first kappa shape index (κ1) is 14.2. The first-order chi connectivity index (χ1) is 7.99. The molecule has 1 aromatic carbocycles. The van der Waals surface area contributed by atoms with E-state index in [2.05, 4.69) is 26.1 Å². The minimum Gasteiger partial charge on any atom is -0.310 e. The van der Waals surface area contributed by atoms with Crippen LogP contribution < -0.4 is 5.32 Å². The van der Waals surface area contributed by atoms with E-state index in [0.29, 0.717) is 11.6 Å². The Balaban J connectivity index is 2.36. The topological polar surface area (TPSA) is 12.0 Å². The van der Waals surface area contributed by atoms with Crippen molar-refractivity contribution in [1.29, 1.82) is 0 Å². The maximum absolute atomic E-state index is 13.3. The third kappa shape index (κ3) is 5.31. The summed E-state index contributed by atoms with van der Waals surface area (Å²) in [5.41, 5.74) is 1.73. The minimum atomic E-state index is -0.112. The Morgan fingerprint density at radius 2 is 1.88 bits per heavy atom. The molecule has 0 aliphatic heterocycles. The molecule has 0 aliphatic rings. The lowest BCUT2D eigenvalue weighted by Gasteiger charge is -2.15. The maximum atomic E-state index is 13.3. The van der Waals surface area contributed by atoms with Gasteiger partial charge in [0, 0.05) is 12.6 Å². The molecule has 17 heavy (non-hydrogen) atoms. The number of rotatable bonds is 6. The third-order valence-corrected chi connectivity index (χ3v) is 3.07. The maximum Gasteiger partial charge on any atom is 0.126 e. The van der Waals surface area contributed by atoms with E-state index in [9.17, 15) is 4.39 Å². The minimum absolute atomic E-state index is 0.112. The fourth-order valence-corrected chi connectivity index (χ4v) is 1.72. The van der Waals surface area contributed by atoms with Crippen molar-refractivity contribution < 1.29 is 4.39 Å². The summed E-state index contributed by atoms with van der Waals surface area (Å²) in [5, 5.41) is 3.43. The molecule has 0 amide bonds. The van der Waals surface area contributed by atoms with Crippen LogP contribution in [0.4, 0.5) is 4.39 Å². The molecule has 0 bridgehead atoms. The van der Waals surface area contributed by atoms with Crippen LogP contribution in [0.5, 0.6) is 0 Å². The molecule has 1 unspecified atom stereocenters. The van der Waals surface area contributed by atoms with E-state index < -0.39 is 0 Å². The standard InChI is InChI=1S/C15H24FN/c1-11(2)5-7-13(4)17-10-14-8-6-12(3)15(16)9-14/h6,8-9,11,13,17H,5,7,10H2,1-4H3. The van der Waals surface area contributed by atoms with E-state index in [4.69, 9.17) is 0 Å². The van der Waals surface area contributed by atoms with Crippen molar-refractivity contribution in [2.24, 2.45) is 5.92 Å². The summed E-state index contributed by atoms with van der Waals surface area (Å²) in [6.07, 6.45) is 2.41. The van der Waals surface area contributed by atoms with E-state index in [1.54, 1.807) is 13.0 Å². The van der Waals surface area contributed by atoms with E-state index in [1.165, 1.54) is 12.8 Å². The van der Waals surface area contributed by atoms with Gasteiger partial charge in [-0.2, -0.15) is 0 Å². The highest BCUT2D eigenvalue weighted by Gasteiger charge is 2.04. The van der Waals surface area contributed by atoms with Gasteiger partial charge < -0.3 is 5.32 Å². The molecule has 0 heterocycles. The van der Waals surface area contributed by atoms with Gasteiger partial charge in [0.25, 0.3) is 0 Å². The molecule has 1 rings (SSSR count). The molecule has 1 N–H and O–H groups in total. The van der Waals surface area contributed by atoms with Crippen LogP contribution in [0.3, 0.4) is 0 Å². The van der Waals surface area contributed by atoms with Crippen molar-refractivity contribution in [2.75, 3.05) is 0 Å². The quantitative estimate of drug-likeness (QED) is 0.787. The van der Waals surface area contributed by atoms with Crippen LogP contribution in [0.2, 0.25) is 0 Å². The van der Waals surface area contributed by atoms with E-state index in [0.717, 1.165) is 18.0 Å². The van der Waals surface area contributed by atoms with Gasteiger partial charge in [-0.25, -0.2) is 4.39 Å². The molecule has 96 valence electrons. The summed E-state index contributed by atoms with van der Waals surface area (Å²) in [5.74, 6) is 0.634.